The lowest BCUT2D eigenvalue weighted by atomic mass is 10.1. The molecular weight excluding hydrogens is 310 g/mol. The van der Waals surface area contributed by atoms with Crippen LogP contribution in [0, 0.1) is 4.77 Å². The van der Waals surface area contributed by atoms with Gasteiger partial charge in [-0.3, -0.25) is 14.3 Å². The van der Waals surface area contributed by atoms with Gasteiger partial charge in [-0.15, -0.1) is 0 Å². The van der Waals surface area contributed by atoms with Crippen molar-refractivity contribution in [1.82, 2.24) is 9.55 Å². The molecule has 2 unspecified atom stereocenters. The second-order valence-electron chi connectivity index (χ2n) is 5.84. The molecule has 0 aromatic carbocycles. The summed E-state index contributed by atoms with van der Waals surface area (Å²) in [5.41, 5.74) is 5.64. The molecule has 1 aromatic heterocycles. The molecule has 3 heterocycles. The first-order valence-corrected chi connectivity index (χ1v) is 7.43. The first-order valence-electron chi connectivity index (χ1n) is 7.02. The van der Waals surface area contributed by atoms with Crippen LogP contribution in [0.3, 0.4) is 0 Å². The Kier molecular flexibility index (Phi) is 3.96. The second-order valence-corrected chi connectivity index (χ2v) is 6.22. The predicted octanol–water partition coefficient (Wildman–Crippen LogP) is -0.226. The van der Waals surface area contributed by atoms with E-state index in [0.717, 1.165) is 0 Å². The van der Waals surface area contributed by atoms with E-state index < -0.39 is 30.3 Å². The standard InChI is InChI=1S/C13H19N3O5S/c1-13(2)20-8-7(5-17)19-11(9(8)21-13)16-4-6(3-14)10(18)15-12(16)22/h4,7-9,11,17H,3,5,14H2,1-2H3,(H,15,18,22)/t7-,8?,9?,11-/m1/s1. The fourth-order valence-electron chi connectivity index (χ4n) is 2.89. The zero-order valence-electron chi connectivity index (χ0n) is 12.3. The fourth-order valence-corrected chi connectivity index (χ4v) is 3.14. The lowest BCUT2D eigenvalue weighted by Crippen LogP contribution is -2.31. The summed E-state index contributed by atoms with van der Waals surface area (Å²) < 4.78 is 19.3. The molecule has 2 saturated heterocycles. The Morgan fingerprint density at radius 3 is 2.77 bits per heavy atom. The fraction of sp³-hybridized carbons (Fsp3) is 0.692. The molecule has 4 N–H and O–H groups in total. The number of nitrogens with one attached hydrogen (secondary N) is 1. The number of nitrogens with zero attached hydrogens (tertiary/aromatic N) is 1. The van der Waals surface area contributed by atoms with Gasteiger partial charge in [0.1, 0.15) is 18.3 Å². The first-order chi connectivity index (χ1) is 10.4. The summed E-state index contributed by atoms with van der Waals surface area (Å²) in [4.78, 5) is 14.3. The quantitative estimate of drug-likeness (QED) is 0.657. The highest BCUT2D eigenvalue weighted by molar-refractivity contribution is 7.71. The summed E-state index contributed by atoms with van der Waals surface area (Å²) in [5.74, 6) is -0.772. The number of H-pyrrole nitrogens is 1. The molecule has 1 aromatic rings. The average Bonchev–Trinajstić information content (AvgIpc) is 2.92. The van der Waals surface area contributed by atoms with E-state index in [9.17, 15) is 9.90 Å². The summed E-state index contributed by atoms with van der Waals surface area (Å²) in [6, 6.07) is 0. The first kappa shape index (κ1) is 15.8. The number of aromatic amines is 1. The van der Waals surface area contributed by atoms with Crippen LogP contribution in [0.25, 0.3) is 0 Å². The molecule has 3 rings (SSSR count). The largest absolute Gasteiger partial charge is 0.394 e. The number of hydrogen-bond acceptors (Lipinski definition) is 7. The third-order valence-corrected chi connectivity index (χ3v) is 4.15. The van der Waals surface area contributed by atoms with Crippen molar-refractivity contribution in [2.75, 3.05) is 6.61 Å². The molecule has 2 aliphatic rings. The van der Waals surface area contributed by atoms with Gasteiger partial charge in [0, 0.05) is 18.3 Å². The highest BCUT2D eigenvalue weighted by Gasteiger charge is 2.55. The van der Waals surface area contributed by atoms with Crippen LogP contribution in [-0.4, -0.2) is 45.4 Å². The van der Waals surface area contributed by atoms with Gasteiger partial charge in [0.2, 0.25) is 0 Å². The van der Waals surface area contributed by atoms with Gasteiger partial charge < -0.3 is 25.1 Å². The average molecular weight is 329 g/mol. The van der Waals surface area contributed by atoms with E-state index >= 15 is 0 Å². The van der Waals surface area contributed by atoms with E-state index in [1.165, 1.54) is 0 Å². The number of aliphatic hydroxyl groups is 1. The normalized spacial score (nSPS) is 33.1. The number of nitrogens with two attached hydrogens (primary N) is 1. The minimum atomic E-state index is -0.772. The highest BCUT2D eigenvalue weighted by Crippen LogP contribution is 2.42. The molecule has 8 nitrogen and oxygen atoms in total. The minimum Gasteiger partial charge on any atom is -0.394 e. The SMILES string of the molecule is CC1(C)OC2C(O1)[C@@H](CO)O[C@H]2n1cc(CN)c(=O)[nH]c1=S. The number of hydrogen-bond donors (Lipinski definition) is 3. The zero-order chi connectivity index (χ0) is 16.1. The lowest BCUT2D eigenvalue weighted by molar-refractivity contribution is -0.200. The van der Waals surface area contributed by atoms with Crippen LogP contribution in [-0.2, 0) is 20.8 Å². The third kappa shape index (κ3) is 2.53. The molecule has 4 atom stereocenters. The Bertz CT molecular complexity index is 685. The summed E-state index contributed by atoms with van der Waals surface area (Å²) >= 11 is 5.20. The monoisotopic (exact) mass is 329 g/mol. The number of rotatable bonds is 3. The molecule has 9 heteroatoms. The number of fused-ring (bicyclic) bond motifs is 1. The Balaban J connectivity index is 2.02. The molecule has 2 aliphatic heterocycles. The van der Waals surface area contributed by atoms with Gasteiger partial charge in [-0.1, -0.05) is 0 Å². The van der Waals surface area contributed by atoms with Crippen molar-refractivity contribution in [3.8, 4) is 0 Å². The van der Waals surface area contributed by atoms with Crippen molar-refractivity contribution < 1.29 is 19.3 Å². The molecule has 0 saturated carbocycles. The molecule has 0 spiro atoms. The Morgan fingerprint density at radius 1 is 1.45 bits per heavy atom. The maximum atomic E-state index is 11.7. The van der Waals surface area contributed by atoms with E-state index in [0.29, 0.717) is 5.56 Å². The van der Waals surface area contributed by atoms with E-state index in [2.05, 4.69) is 4.98 Å². The number of ether oxygens (including phenoxy) is 3. The van der Waals surface area contributed by atoms with Gasteiger partial charge in [-0.25, -0.2) is 0 Å². The van der Waals surface area contributed by atoms with Gasteiger partial charge >= 0.3 is 0 Å². The number of aliphatic hydroxyl groups excluding tert-OH is 1. The maximum absolute atomic E-state index is 11.7. The van der Waals surface area contributed by atoms with E-state index in [1.807, 2.05) is 0 Å². The third-order valence-electron chi connectivity index (χ3n) is 3.84. The Morgan fingerprint density at radius 2 is 2.14 bits per heavy atom. The minimum absolute atomic E-state index is 0.0814. The second kappa shape index (κ2) is 5.52. The van der Waals surface area contributed by atoms with Crippen LogP contribution in [0.1, 0.15) is 25.6 Å². The molecule has 22 heavy (non-hydrogen) atoms. The summed E-state index contributed by atoms with van der Waals surface area (Å²) in [6.45, 7) is 3.48. The van der Waals surface area contributed by atoms with Crippen molar-refractivity contribution in [1.29, 1.82) is 0 Å². The molecule has 0 aliphatic carbocycles. The van der Waals surface area contributed by atoms with Crippen molar-refractivity contribution >= 4 is 12.2 Å². The van der Waals surface area contributed by atoms with Crippen molar-refractivity contribution in [3.05, 3.63) is 26.9 Å². The van der Waals surface area contributed by atoms with Crippen molar-refractivity contribution in [2.45, 2.75) is 50.7 Å². The van der Waals surface area contributed by atoms with Crippen LogP contribution >= 0.6 is 12.2 Å². The lowest BCUT2D eigenvalue weighted by Gasteiger charge is -2.25. The van der Waals surface area contributed by atoms with Crippen molar-refractivity contribution in [3.63, 3.8) is 0 Å². The van der Waals surface area contributed by atoms with E-state index in [1.54, 1.807) is 24.6 Å². The van der Waals surface area contributed by atoms with Gasteiger partial charge in [-0.05, 0) is 26.1 Å². The smallest absolute Gasteiger partial charge is 0.256 e. The maximum Gasteiger partial charge on any atom is 0.256 e. The van der Waals surface area contributed by atoms with E-state index in [-0.39, 0.29) is 23.5 Å². The van der Waals surface area contributed by atoms with Gasteiger partial charge in [0.25, 0.3) is 5.56 Å². The zero-order valence-corrected chi connectivity index (χ0v) is 13.1. The number of aromatic nitrogens is 2. The van der Waals surface area contributed by atoms with Gasteiger partial charge in [-0.2, -0.15) is 0 Å². The summed E-state index contributed by atoms with van der Waals surface area (Å²) in [7, 11) is 0. The molecule has 122 valence electrons. The molecule has 0 amide bonds. The van der Waals surface area contributed by atoms with Crippen LogP contribution < -0.4 is 11.3 Å². The van der Waals surface area contributed by atoms with Gasteiger partial charge in [0.05, 0.1) is 6.61 Å². The molecule has 0 radical (unpaired) electrons. The van der Waals surface area contributed by atoms with Crippen LogP contribution in [0.5, 0.6) is 0 Å². The topological polar surface area (TPSA) is 112 Å². The molecule has 0 bridgehead atoms. The summed E-state index contributed by atoms with van der Waals surface area (Å²) in [6.07, 6.45) is -0.391. The van der Waals surface area contributed by atoms with Gasteiger partial charge in [0.15, 0.2) is 16.8 Å². The molecule has 2 fully saturated rings. The van der Waals surface area contributed by atoms with Crippen LogP contribution in [0.15, 0.2) is 11.0 Å². The van der Waals surface area contributed by atoms with Crippen LogP contribution in [0.4, 0.5) is 0 Å². The Labute approximate surface area is 131 Å². The Hall–Kier alpha value is -1.10. The van der Waals surface area contributed by atoms with Crippen molar-refractivity contribution in [2.24, 2.45) is 5.73 Å². The van der Waals surface area contributed by atoms with Crippen LogP contribution in [0.2, 0.25) is 0 Å². The molecular formula is C13H19N3O5S. The van der Waals surface area contributed by atoms with E-state index in [4.69, 9.17) is 32.2 Å². The predicted molar refractivity (Wildman–Crippen MR) is 78.6 cm³/mol. The highest BCUT2D eigenvalue weighted by atomic mass is 32.1. The summed E-state index contributed by atoms with van der Waals surface area (Å²) in [5, 5.41) is 9.49.